The molecule has 1 unspecified atom stereocenters. The normalized spacial score (nSPS) is 17.1. The minimum atomic E-state index is -0.536. The van der Waals surface area contributed by atoms with Crippen molar-refractivity contribution in [1.29, 1.82) is 0 Å². The van der Waals surface area contributed by atoms with Crippen LogP contribution in [0.1, 0.15) is 33.2 Å². The summed E-state index contributed by atoms with van der Waals surface area (Å²) in [4.78, 5) is 12.9. The van der Waals surface area contributed by atoms with Crippen molar-refractivity contribution >= 4 is 5.78 Å². The summed E-state index contributed by atoms with van der Waals surface area (Å²) in [6.45, 7) is 2.54. The van der Waals surface area contributed by atoms with Gasteiger partial charge in [0.2, 0.25) is 0 Å². The first-order valence-corrected chi connectivity index (χ1v) is 7.09. The van der Waals surface area contributed by atoms with Crippen LogP contribution in [0.4, 0.5) is 0 Å². The van der Waals surface area contributed by atoms with E-state index in [-0.39, 0.29) is 5.78 Å². The Morgan fingerprint density at radius 2 is 2.05 bits per heavy atom. The topological polar surface area (TPSA) is 35.5 Å². The highest BCUT2D eigenvalue weighted by molar-refractivity contribution is 6.02. The van der Waals surface area contributed by atoms with Gasteiger partial charge in [0.1, 0.15) is 11.9 Å². The average molecular weight is 282 g/mol. The summed E-state index contributed by atoms with van der Waals surface area (Å²) in [6.07, 6.45) is 0.316. The number of carbonyl (C=O) groups is 1. The molecule has 1 aliphatic rings. The van der Waals surface area contributed by atoms with Crippen molar-refractivity contribution in [1.82, 2.24) is 0 Å². The number of hydrogen-bond donors (Lipinski definition) is 0. The summed E-state index contributed by atoms with van der Waals surface area (Å²) in [5.74, 6) is 0.556. The van der Waals surface area contributed by atoms with Gasteiger partial charge in [0.15, 0.2) is 5.78 Å². The lowest BCUT2D eigenvalue weighted by molar-refractivity contribution is 0.0346. The van der Waals surface area contributed by atoms with E-state index in [4.69, 9.17) is 9.47 Å². The number of aryl methyl sites for hydroxylation is 1. The first-order valence-electron chi connectivity index (χ1n) is 7.09. The highest BCUT2D eigenvalue weighted by atomic mass is 16.5. The first-order chi connectivity index (χ1) is 10.2. The Balaban J connectivity index is 2.02. The van der Waals surface area contributed by atoms with Crippen molar-refractivity contribution < 1.29 is 14.3 Å². The van der Waals surface area contributed by atoms with Gasteiger partial charge < -0.3 is 9.47 Å². The van der Waals surface area contributed by atoms with Crippen molar-refractivity contribution in [3.8, 4) is 5.75 Å². The van der Waals surface area contributed by atoms with Crippen molar-refractivity contribution in [2.75, 3.05) is 13.7 Å². The van der Waals surface area contributed by atoms with Gasteiger partial charge in [-0.15, -0.1) is 0 Å². The molecule has 2 aromatic carbocycles. The molecule has 3 rings (SSSR count). The summed E-state index contributed by atoms with van der Waals surface area (Å²) >= 11 is 0. The molecule has 0 saturated heterocycles. The van der Waals surface area contributed by atoms with Gasteiger partial charge in [0.05, 0.1) is 19.3 Å². The Bertz CT molecular complexity index is 676. The molecule has 0 fully saturated rings. The van der Waals surface area contributed by atoms with Gasteiger partial charge in [0, 0.05) is 0 Å². The second kappa shape index (κ2) is 5.70. The van der Waals surface area contributed by atoms with Gasteiger partial charge in [-0.2, -0.15) is 0 Å². The van der Waals surface area contributed by atoms with Gasteiger partial charge in [0.25, 0.3) is 0 Å². The predicted molar refractivity (Wildman–Crippen MR) is 80.9 cm³/mol. The van der Waals surface area contributed by atoms with Crippen LogP contribution in [-0.2, 0) is 11.2 Å². The molecule has 0 spiro atoms. The molecular formula is C18H18O3. The van der Waals surface area contributed by atoms with Gasteiger partial charge in [-0.25, -0.2) is 0 Å². The lowest BCUT2D eigenvalue weighted by Gasteiger charge is -2.25. The van der Waals surface area contributed by atoms with Gasteiger partial charge in [-0.1, -0.05) is 35.9 Å². The van der Waals surface area contributed by atoms with E-state index < -0.39 is 6.10 Å². The van der Waals surface area contributed by atoms with E-state index in [9.17, 15) is 4.79 Å². The number of fused-ring (bicyclic) bond motifs is 1. The minimum absolute atomic E-state index is 0.0392. The molecule has 0 bridgehead atoms. The number of ether oxygens (including phenoxy) is 2. The molecule has 0 aliphatic carbocycles. The Labute approximate surface area is 124 Å². The Kier molecular flexibility index (Phi) is 3.76. The molecule has 2 aromatic rings. The number of ketones is 1. The standard InChI is InChI=1S/C18H18O3/c1-12-7-8-16(20-2)15(11-12)17(19)18-14-6-4-3-5-13(14)9-10-21-18/h3-8,11,18H,9-10H2,1-2H3. The van der Waals surface area contributed by atoms with E-state index in [0.717, 1.165) is 17.5 Å². The maximum absolute atomic E-state index is 12.9. The molecule has 0 amide bonds. The molecule has 0 aromatic heterocycles. The summed E-state index contributed by atoms with van der Waals surface area (Å²) in [5.41, 5.74) is 3.77. The van der Waals surface area contributed by atoms with E-state index >= 15 is 0 Å². The number of benzene rings is 2. The second-order valence-corrected chi connectivity index (χ2v) is 5.27. The maximum atomic E-state index is 12.9. The highest BCUT2D eigenvalue weighted by Crippen LogP contribution is 2.32. The molecule has 21 heavy (non-hydrogen) atoms. The van der Waals surface area contributed by atoms with E-state index in [1.54, 1.807) is 7.11 Å². The summed E-state index contributed by atoms with van der Waals surface area (Å²) in [5, 5.41) is 0. The molecule has 1 aliphatic heterocycles. The fraction of sp³-hybridized carbons (Fsp3) is 0.278. The van der Waals surface area contributed by atoms with Crippen LogP contribution in [0.5, 0.6) is 5.75 Å². The predicted octanol–water partition coefficient (Wildman–Crippen LogP) is 3.50. The quantitative estimate of drug-likeness (QED) is 0.808. The number of Topliss-reactive ketones (excluding diaryl/α,β-unsaturated/α-hetero) is 1. The highest BCUT2D eigenvalue weighted by Gasteiger charge is 2.29. The largest absolute Gasteiger partial charge is 0.496 e. The average Bonchev–Trinajstić information content (AvgIpc) is 2.53. The van der Waals surface area contributed by atoms with Crippen LogP contribution in [0.3, 0.4) is 0 Å². The van der Waals surface area contributed by atoms with Gasteiger partial charge >= 0.3 is 0 Å². The van der Waals surface area contributed by atoms with Crippen molar-refractivity contribution in [3.63, 3.8) is 0 Å². The van der Waals surface area contributed by atoms with Crippen LogP contribution >= 0.6 is 0 Å². The zero-order valence-electron chi connectivity index (χ0n) is 12.3. The fourth-order valence-corrected chi connectivity index (χ4v) is 2.77. The Morgan fingerprint density at radius 3 is 2.86 bits per heavy atom. The molecule has 0 saturated carbocycles. The van der Waals surface area contributed by atoms with Crippen molar-refractivity contribution in [2.24, 2.45) is 0 Å². The zero-order valence-corrected chi connectivity index (χ0v) is 12.3. The summed E-state index contributed by atoms with van der Waals surface area (Å²) < 4.78 is 11.1. The van der Waals surface area contributed by atoms with Crippen LogP contribution in [0, 0.1) is 6.92 Å². The molecule has 1 atom stereocenters. The summed E-state index contributed by atoms with van der Waals surface area (Å²) in [6, 6.07) is 13.6. The zero-order chi connectivity index (χ0) is 14.8. The smallest absolute Gasteiger partial charge is 0.199 e. The van der Waals surface area contributed by atoms with Crippen molar-refractivity contribution in [3.05, 3.63) is 64.7 Å². The minimum Gasteiger partial charge on any atom is -0.496 e. The second-order valence-electron chi connectivity index (χ2n) is 5.27. The lowest BCUT2D eigenvalue weighted by Crippen LogP contribution is -2.24. The third kappa shape index (κ3) is 2.57. The Morgan fingerprint density at radius 1 is 1.24 bits per heavy atom. The van der Waals surface area contributed by atoms with E-state index in [0.29, 0.717) is 17.9 Å². The number of methoxy groups -OCH3 is 1. The third-order valence-electron chi connectivity index (χ3n) is 3.85. The van der Waals surface area contributed by atoms with Crippen LogP contribution in [-0.4, -0.2) is 19.5 Å². The van der Waals surface area contributed by atoms with Crippen molar-refractivity contribution in [2.45, 2.75) is 19.4 Å². The SMILES string of the molecule is COc1ccc(C)cc1C(=O)C1OCCc2ccccc21. The number of hydrogen-bond acceptors (Lipinski definition) is 3. The Hall–Kier alpha value is -2.13. The molecule has 3 heteroatoms. The molecule has 3 nitrogen and oxygen atoms in total. The third-order valence-corrected chi connectivity index (χ3v) is 3.85. The van der Waals surface area contributed by atoms with Crippen LogP contribution in [0.2, 0.25) is 0 Å². The van der Waals surface area contributed by atoms with Gasteiger partial charge in [-0.3, -0.25) is 4.79 Å². The molecule has 0 N–H and O–H groups in total. The first kappa shape index (κ1) is 13.8. The van der Waals surface area contributed by atoms with Crippen LogP contribution in [0.25, 0.3) is 0 Å². The van der Waals surface area contributed by atoms with Crippen LogP contribution < -0.4 is 4.74 Å². The maximum Gasteiger partial charge on any atom is 0.199 e. The molecule has 108 valence electrons. The lowest BCUT2D eigenvalue weighted by atomic mass is 9.92. The molecule has 0 radical (unpaired) electrons. The van der Waals surface area contributed by atoms with E-state index in [1.807, 2.05) is 43.3 Å². The van der Waals surface area contributed by atoms with E-state index in [1.165, 1.54) is 5.56 Å². The number of carbonyl (C=O) groups excluding carboxylic acids is 1. The van der Waals surface area contributed by atoms with E-state index in [2.05, 4.69) is 6.07 Å². The monoisotopic (exact) mass is 282 g/mol. The van der Waals surface area contributed by atoms with Crippen LogP contribution in [0.15, 0.2) is 42.5 Å². The summed E-state index contributed by atoms with van der Waals surface area (Å²) in [7, 11) is 1.58. The molecule has 1 heterocycles. The molecular weight excluding hydrogens is 264 g/mol. The number of rotatable bonds is 3. The fourth-order valence-electron chi connectivity index (χ4n) is 2.77. The van der Waals surface area contributed by atoms with Gasteiger partial charge in [-0.05, 0) is 36.6 Å².